The SMILES string of the molecule is OC(c1ccccc1)(c1ccccc1)[C@H](c1ccccc1)C1CCCCN1. The summed E-state index contributed by atoms with van der Waals surface area (Å²) in [6.45, 7) is 1.01. The van der Waals surface area contributed by atoms with Crippen LogP contribution in [0.1, 0.15) is 41.9 Å². The molecule has 1 fully saturated rings. The molecule has 0 amide bonds. The number of rotatable bonds is 5. The molecule has 0 saturated carbocycles. The van der Waals surface area contributed by atoms with Gasteiger partial charge in [-0.1, -0.05) is 97.4 Å². The maximum Gasteiger partial charge on any atom is 0.123 e. The van der Waals surface area contributed by atoms with Crippen molar-refractivity contribution in [2.45, 2.75) is 36.8 Å². The standard InChI is InChI=1S/C25H27NO/c27-25(21-14-6-2-7-15-21,22-16-8-3-9-17-22)24(20-12-4-1-5-13-20)23-18-10-11-19-26-23/h1-9,12-17,23-24,26-27H,10-11,18-19H2/t23?,24-/m1/s1. The molecule has 1 heterocycles. The van der Waals surface area contributed by atoms with Gasteiger partial charge in [0.2, 0.25) is 0 Å². The highest BCUT2D eigenvalue weighted by Crippen LogP contribution is 2.45. The molecule has 2 heteroatoms. The molecule has 1 saturated heterocycles. The molecule has 1 aliphatic rings. The van der Waals surface area contributed by atoms with E-state index in [0.717, 1.165) is 24.1 Å². The predicted octanol–water partition coefficient (Wildman–Crippen LogP) is 4.85. The Bertz CT molecular complexity index is 786. The van der Waals surface area contributed by atoms with E-state index in [1.807, 2.05) is 66.7 Å². The first kappa shape index (κ1) is 18.0. The van der Waals surface area contributed by atoms with Crippen molar-refractivity contribution in [3.05, 3.63) is 108 Å². The minimum atomic E-state index is -1.10. The Morgan fingerprint density at radius 1 is 0.741 bits per heavy atom. The quantitative estimate of drug-likeness (QED) is 0.684. The lowest BCUT2D eigenvalue weighted by Crippen LogP contribution is -2.48. The fourth-order valence-electron chi connectivity index (χ4n) is 4.50. The third-order valence-electron chi connectivity index (χ3n) is 5.79. The zero-order valence-corrected chi connectivity index (χ0v) is 15.6. The van der Waals surface area contributed by atoms with E-state index >= 15 is 0 Å². The van der Waals surface area contributed by atoms with E-state index in [2.05, 4.69) is 29.6 Å². The highest BCUT2D eigenvalue weighted by Gasteiger charge is 2.45. The molecule has 0 radical (unpaired) electrons. The monoisotopic (exact) mass is 357 g/mol. The maximum absolute atomic E-state index is 12.4. The van der Waals surface area contributed by atoms with Gasteiger partial charge < -0.3 is 10.4 Å². The van der Waals surface area contributed by atoms with E-state index in [-0.39, 0.29) is 12.0 Å². The molecule has 3 aromatic rings. The molecular formula is C25H27NO. The van der Waals surface area contributed by atoms with Crippen LogP contribution < -0.4 is 5.32 Å². The molecule has 2 nitrogen and oxygen atoms in total. The molecule has 138 valence electrons. The van der Waals surface area contributed by atoms with Gasteiger partial charge in [0.25, 0.3) is 0 Å². The number of aliphatic hydroxyl groups is 1. The Morgan fingerprint density at radius 2 is 1.26 bits per heavy atom. The van der Waals surface area contributed by atoms with Gasteiger partial charge in [-0.3, -0.25) is 0 Å². The van der Waals surface area contributed by atoms with E-state index < -0.39 is 5.60 Å². The van der Waals surface area contributed by atoms with E-state index in [4.69, 9.17) is 0 Å². The summed E-state index contributed by atoms with van der Waals surface area (Å²) in [6, 6.07) is 31.0. The first-order chi connectivity index (χ1) is 13.3. The van der Waals surface area contributed by atoms with Gasteiger partial charge in [0.15, 0.2) is 0 Å². The van der Waals surface area contributed by atoms with Crippen LogP contribution in [0.3, 0.4) is 0 Å². The van der Waals surface area contributed by atoms with Crippen LogP contribution in [-0.4, -0.2) is 17.7 Å². The lowest BCUT2D eigenvalue weighted by molar-refractivity contribution is 0.0302. The van der Waals surface area contributed by atoms with Crippen molar-refractivity contribution in [1.29, 1.82) is 0 Å². The number of piperidine rings is 1. The van der Waals surface area contributed by atoms with Gasteiger partial charge in [-0.15, -0.1) is 0 Å². The predicted molar refractivity (Wildman–Crippen MR) is 111 cm³/mol. The average molecular weight is 357 g/mol. The van der Waals surface area contributed by atoms with Crippen LogP contribution in [0, 0.1) is 0 Å². The second kappa shape index (κ2) is 8.08. The zero-order chi connectivity index (χ0) is 18.5. The number of hydrogen-bond acceptors (Lipinski definition) is 2. The highest BCUT2D eigenvalue weighted by molar-refractivity contribution is 5.43. The number of benzene rings is 3. The molecular weight excluding hydrogens is 330 g/mol. The van der Waals surface area contributed by atoms with E-state index in [1.54, 1.807) is 0 Å². The van der Waals surface area contributed by atoms with E-state index in [9.17, 15) is 5.11 Å². The van der Waals surface area contributed by atoms with Crippen LogP contribution in [0.15, 0.2) is 91.0 Å². The number of hydrogen-bond donors (Lipinski definition) is 2. The number of nitrogens with one attached hydrogen (secondary N) is 1. The van der Waals surface area contributed by atoms with E-state index in [0.29, 0.717) is 0 Å². The molecule has 0 bridgehead atoms. The third kappa shape index (κ3) is 3.55. The van der Waals surface area contributed by atoms with Gasteiger partial charge in [0.05, 0.1) is 0 Å². The van der Waals surface area contributed by atoms with Gasteiger partial charge >= 0.3 is 0 Å². The van der Waals surface area contributed by atoms with Crippen molar-refractivity contribution in [2.75, 3.05) is 6.54 Å². The van der Waals surface area contributed by atoms with Crippen molar-refractivity contribution in [2.24, 2.45) is 0 Å². The molecule has 1 aliphatic heterocycles. The lowest BCUT2D eigenvalue weighted by atomic mass is 9.68. The van der Waals surface area contributed by atoms with Gasteiger partial charge in [0.1, 0.15) is 5.60 Å². The fourth-order valence-corrected chi connectivity index (χ4v) is 4.50. The van der Waals surface area contributed by atoms with Crippen LogP contribution in [0.25, 0.3) is 0 Å². The Labute approximate surface area is 161 Å². The Balaban J connectivity index is 1.91. The summed E-state index contributed by atoms with van der Waals surface area (Å²) in [5, 5.41) is 16.1. The molecule has 4 rings (SSSR count). The Morgan fingerprint density at radius 3 is 1.74 bits per heavy atom. The summed E-state index contributed by atoms with van der Waals surface area (Å²) in [7, 11) is 0. The normalized spacial score (nSPS) is 18.8. The van der Waals surface area contributed by atoms with Crippen LogP contribution in [0.2, 0.25) is 0 Å². The van der Waals surface area contributed by atoms with E-state index in [1.165, 1.54) is 18.4 Å². The van der Waals surface area contributed by atoms with Crippen molar-refractivity contribution < 1.29 is 5.11 Å². The minimum absolute atomic E-state index is 0.0659. The van der Waals surface area contributed by atoms with Crippen molar-refractivity contribution in [3.63, 3.8) is 0 Å². The Hall–Kier alpha value is -2.42. The first-order valence-electron chi connectivity index (χ1n) is 9.92. The first-order valence-corrected chi connectivity index (χ1v) is 9.92. The van der Waals surface area contributed by atoms with Crippen LogP contribution in [0.4, 0.5) is 0 Å². The van der Waals surface area contributed by atoms with Gasteiger partial charge in [0, 0.05) is 12.0 Å². The van der Waals surface area contributed by atoms with Gasteiger partial charge in [-0.2, -0.15) is 0 Å². The summed E-state index contributed by atoms with van der Waals surface area (Å²) in [6.07, 6.45) is 3.47. The maximum atomic E-state index is 12.4. The Kier molecular flexibility index (Phi) is 5.38. The van der Waals surface area contributed by atoms with Crippen LogP contribution in [-0.2, 0) is 5.60 Å². The topological polar surface area (TPSA) is 32.3 Å². The molecule has 3 aromatic carbocycles. The van der Waals surface area contributed by atoms with Crippen molar-refractivity contribution in [3.8, 4) is 0 Å². The molecule has 27 heavy (non-hydrogen) atoms. The average Bonchev–Trinajstić information content (AvgIpc) is 2.76. The summed E-state index contributed by atoms with van der Waals surface area (Å²) in [5.41, 5.74) is 1.96. The summed E-state index contributed by atoms with van der Waals surface area (Å²) >= 11 is 0. The van der Waals surface area contributed by atoms with Crippen molar-refractivity contribution in [1.82, 2.24) is 5.32 Å². The lowest BCUT2D eigenvalue weighted by Gasteiger charge is -2.43. The van der Waals surface area contributed by atoms with Crippen molar-refractivity contribution >= 4 is 0 Å². The summed E-state index contributed by atoms with van der Waals surface area (Å²) < 4.78 is 0. The zero-order valence-electron chi connectivity index (χ0n) is 15.6. The minimum Gasteiger partial charge on any atom is -0.380 e. The van der Waals surface area contributed by atoms with Crippen LogP contribution in [0.5, 0.6) is 0 Å². The largest absolute Gasteiger partial charge is 0.380 e. The van der Waals surface area contributed by atoms with Gasteiger partial charge in [-0.05, 0) is 36.1 Å². The van der Waals surface area contributed by atoms with Gasteiger partial charge in [-0.25, -0.2) is 0 Å². The second-order valence-corrected chi connectivity index (χ2v) is 7.44. The second-order valence-electron chi connectivity index (χ2n) is 7.44. The molecule has 2 N–H and O–H groups in total. The third-order valence-corrected chi connectivity index (χ3v) is 5.79. The molecule has 2 atom stereocenters. The molecule has 0 aliphatic carbocycles. The molecule has 1 unspecified atom stereocenters. The smallest absolute Gasteiger partial charge is 0.123 e. The molecule has 0 aromatic heterocycles. The fraction of sp³-hybridized carbons (Fsp3) is 0.280. The highest BCUT2D eigenvalue weighted by atomic mass is 16.3. The summed E-state index contributed by atoms with van der Waals surface area (Å²) in [4.78, 5) is 0. The molecule has 0 spiro atoms. The van der Waals surface area contributed by atoms with Crippen LogP contribution >= 0.6 is 0 Å². The summed E-state index contributed by atoms with van der Waals surface area (Å²) in [5.74, 6) is -0.0659.